The Balaban J connectivity index is 1.85. The van der Waals surface area contributed by atoms with E-state index in [-0.39, 0.29) is 0 Å². The first kappa shape index (κ1) is 14.8. The van der Waals surface area contributed by atoms with E-state index in [1.165, 1.54) is 11.1 Å². The van der Waals surface area contributed by atoms with Crippen molar-refractivity contribution in [2.24, 2.45) is 0 Å². The summed E-state index contributed by atoms with van der Waals surface area (Å²) in [5.41, 5.74) is 10.2. The molecule has 0 spiro atoms. The maximum Gasteiger partial charge on any atom is 0.0400 e. The van der Waals surface area contributed by atoms with Gasteiger partial charge < -0.3 is 11.1 Å². The molecule has 0 heterocycles. The molecular formula is C17H22N2S. The Hall–Kier alpha value is -1.61. The van der Waals surface area contributed by atoms with Crippen LogP contribution < -0.4 is 11.1 Å². The average molecular weight is 286 g/mol. The highest BCUT2D eigenvalue weighted by molar-refractivity contribution is 7.99. The van der Waals surface area contributed by atoms with Gasteiger partial charge in [-0.15, -0.1) is 0 Å². The maximum absolute atomic E-state index is 5.68. The monoisotopic (exact) mass is 286 g/mol. The molecule has 0 bridgehead atoms. The van der Waals surface area contributed by atoms with E-state index in [2.05, 4.69) is 55.6 Å². The van der Waals surface area contributed by atoms with Crippen molar-refractivity contribution in [3.05, 3.63) is 59.7 Å². The summed E-state index contributed by atoms with van der Waals surface area (Å²) < 4.78 is 0. The summed E-state index contributed by atoms with van der Waals surface area (Å²) in [5, 5.41) is 4.10. The van der Waals surface area contributed by atoms with Crippen LogP contribution in [0.2, 0.25) is 0 Å². The van der Waals surface area contributed by atoms with E-state index in [0.29, 0.717) is 5.25 Å². The fourth-order valence-electron chi connectivity index (χ4n) is 1.82. The molecule has 2 nitrogen and oxygen atoms in total. The van der Waals surface area contributed by atoms with Gasteiger partial charge in [0.25, 0.3) is 0 Å². The Morgan fingerprint density at radius 1 is 0.950 bits per heavy atom. The number of nitrogens with one attached hydrogen (secondary N) is 1. The van der Waals surface area contributed by atoms with Gasteiger partial charge in [0, 0.05) is 23.7 Å². The summed E-state index contributed by atoms with van der Waals surface area (Å²) in [6.07, 6.45) is 0. The molecule has 0 unspecified atom stereocenters. The second-order valence-corrected chi connectivity index (χ2v) is 6.72. The number of benzene rings is 2. The third-order valence-corrected chi connectivity index (χ3v) is 4.18. The first-order chi connectivity index (χ1) is 9.63. The number of thioether (sulfide) groups is 1. The Kier molecular flexibility index (Phi) is 5.36. The van der Waals surface area contributed by atoms with Crippen molar-refractivity contribution in [2.75, 3.05) is 11.1 Å². The zero-order valence-electron chi connectivity index (χ0n) is 12.1. The molecule has 0 amide bonds. The highest BCUT2D eigenvalue weighted by Gasteiger charge is 1.98. The summed E-state index contributed by atoms with van der Waals surface area (Å²) in [6.45, 7) is 5.28. The van der Waals surface area contributed by atoms with Crippen molar-refractivity contribution in [2.45, 2.75) is 31.4 Å². The van der Waals surface area contributed by atoms with Gasteiger partial charge in [-0.2, -0.15) is 11.8 Å². The molecule has 0 radical (unpaired) electrons. The number of rotatable bonds is 6. The molecule has 0 aliphatic rings. The van der Waals surface area contributed by atoms with Crippen LogP contribution in [-0.2, 0) is 12.3 Å². The number of anilines is 2. The molecule has 0 aromatic heterocycles. The normalized spacial score (nSPS) is 10.8. The SMILES string of the molecule is CC(C)SCc1ccc(NCc2ccc(N)cc2)cc1. The Labute approximate surface area is 125 Å². The van der Waals surface area contributed by atoms with Crippen LogP contribution in [0.5, 0.6) is 0 Å². The quantitative estimate of drug-likeness (QED) is 0.767. The fourth-order valence-corrected chi connectivity index (χ4v) is 2.54. The average Bonchev–Trinajstić information content (AvgIpc) is 2.45. The van der Waals surface area contributed by atoms with Crippen LogP contribution in [0.15, 0.2) is 48.5 Å². The smallest absolute Gasteiger partial charge is 0.0400 e. The first-order valence-corrected chi connectivity index (χ1v) is 7.97. The minimum Gasteiger partial charge on any atom is -0.399 e. The van der Waals surface area contributed by atoms with Crippen LogP contribution in [0, 0.1) is 0 Å². The Morgan fingerprint density at radius 3 is 2.15 bits per heavy atom. The molecular weight excluding hydrogens is 264 g/mol. The summed E-state index contributed by atoms with van der Waals surface area (Å²) in [5.74, 6) is 1.08. The van der Waals surface area contributed by atoms with Gasteiger partial charge in [0.1, 0.15) is 0 Å². The molecule has 0 aliphatic heterocycles. The highest BCUT2D eigenvalue weighted by atomic mass is 32.2. The van der Waals surface area contributed by atoms with Crippen molar-refractivity contribution in [1.29, 1.82) is 0 Å². The molecule has 2 aromatic rings. The predicted octanol–water partition coefficient (Wildman–Crippen LogP) is 4.52. The van der Waals surface area contributed by atoms with Crippen LogP contribution in [0.25, 0.3) is 0 Å². The largest absolute Gasteiger partial charge is 0.399 e. The van der Waals surface area contributed by atoms with Crippen LogP contribution in [-0.4, -0.2) is 5.25 Å². The lowest BCUT2D eigenvalue weighted by Crippen LogP contribution is -1.99. The molecule has 3 heteroatoms. The molecule has 0 atom stereocenters. The van der Waals surface area contributed by atoms with E-state index in [1.54, 1.807) is 0 Å². The second kappa shape index (κ2) is 7.25. The van der Waals surface area contributed by atoms with Crippen molar-refractivity contribution in [3.8, 4) is 0 Å². The second-order valence-electron chi connectivity index (χ2n) is 5.15. The first-order valence-electron chi connectivity index (χ1n) is 6.92. The van der Waals surface area contributed by atoms with Gasteiger partial charge in [0.2, 0.25) is 0 Å². The summed E-state index contributed by atoms with van der Waals surface area (Å²) in [4.78, 5) is 0. The van der Waals surface area contributed by atoms with E-state index in [9.17, 15) is 0 Å². The van der Waals surface area contributed by atoms with Gasteiger partial charge in [-0.3, -0.25) is 0 Å². The maximum atomic E-state index is 5.68. The molecule has 0 saturated heterocycles. The molecule has 2 rings (SSSR count). The predicted molar refractivity (Wildman–Crippen MR) is 91.1 cm³/mol. The number of hydrogen-bond acceptors (Lipinski definition) is 3. The lowest BCUT2D eigenvalue weighted by molar-refractivity contribution is 1.11. The summed E-state index contributed by atoms with van der Waals surface area (Å²) in [6, 6.07) is 16.7. The number of nitrogen functional groups attached to an aromatic ring is 1. The molecule has 2 aromatic carbocycles. The number of hydrogen-bond donors (Lipinski definition) is 2. The molecule has 0 saturated carbocycles. The topological polar surface area (TPSA) is 38.0 Å². The lowest BCUT2D eigenvalue weighted by atomic mass is 10.2. The molecule has 106 valence electrons. The molecule has 0 aliphatic carbocycles. The van der Waals surface area contributed by atoms with Crippen LogP contribution in [0.4, 0.5) is 11.4 Å². The van der Waals surface area contributed by atoms with Crippen molar-refractivity contribution < 1.29 is 0 Å². The van der Waals surface area contributed by atoms with Gasteiger partial charge in [0.05, 0.1) is 0 Å². The van der Waals surface area contributed by atoms with E-state index in [4.69, 9.17) is 5.73 Å². The zero-order chi connectivity index (χ0) is 14.4. The third-order valence-electron chi connectivity index (χ3n) is 3.01. The van der Waals surface area contributed by atoms with E-state index >= 15 is 0 Å². The van der Waals surface area contributed by atoms with Crippen LogP contribution >= 0.6 is 11.8 Å². The highest BCUT2D eigenvalue weighted by Crippen LogP contribution is 2.19. The van der Waals surface area contributed by atoms with Gasteiger partial charge in [-0.1, -0.05) is 38.1 Å². The van der Waals surface area contributed by atoms with Crippen LogP contribution in [0.3, 0.4) is 0 Å². The minimum atomic E-state index is 0.679. The number of nitrogens with two attached hydrogens (primary N) is 1. The minimum absolute atomic E-state index is 0.679. The lowest BCUT2D eigenvalue weighted by Gasteiger charge is -2.09. The van der Waals surface area contributed by atoms with Gasteiger partial charge in [-0.25, -0.2) is 0 Å². The molecule has 0 fully saturated rings. The van der Waals surface area contributed by atoms with Gasteiger partial charge >= 0.3 is 0 Å². The van der Waals surface area contributed by atoms with Gasteiger partial charge in [-0.05, 0) is 40.6 Å². The van der Waals surface area contributed by atoms with Crippen molar-refractivity contribution >= 4 is 23.1 Å². The summed E-state index contributed by atoms with van der Waals surface area (Å²) in [7, 11) is 0. The van der Waals surface area contributed by atoms with E-state index in [0.717, 1.165) is 23.7 Å². The van der Waals surface area contributed by atoms with Gasteiger partial charge in [0.15, 0.2) is 0 Å². The Bertz CT molecular complexity index is 518. The molecule has 3 N–H and O–H groups in total. The summed E-state index contributed by atoms with van der Waals surface area (Å²) >= 11 is 1.97. The van der Waals surface area contributed by atoms with E-state index in [1.807, 2.05) is 23.9 Å². The molecule has 20 heavy (non-hydrogen) atoms. The fraction of sp³-hybridized carbons (Fsp3) is 0.294. The van der Waals surface area contributed by atoms with E-state index < -0.39 is 0 Å². The van der Waals surface area contributed by atoms with Crippen molar-refractivity contribution in [1.82, 2.24) is 0 Å². The van der Waals surface area contributed by atoms with Crippen molar-refractivity contribution in [3.63, 3.8) is 0 Å². The Morgan fingerprint density at radius 2 is 1.55 bits per heavy atom. The van der Waals surface area contributed by atoms with Crippen LogP contribution in [0.1, 0.15) is 25.0 Å². The standard InChI is InChI=1S/C17H22N2S/c1-13(2)20-12-15-5-9-17(10-6-15)19-11-14-3-7-16(18)8-4-14/h3-10,13,19H,11-12,18H2,1-2H3. The third kappa shape index (κ3) is 4.82. The zero-order valence-corrected chi connectivity index (χ0v) is 12.9.